The number of amides is 1. The SMILES string of the molecule is CCOC(=O)c1c(NC(=O)c2ccc(C)o2)c[nH]c1C. The molecule has 0 saturated carbocycles. The number of hydrogen-bond donors (Lipinski definition) is 2. The molecule has 1 amide bonds. The van der Waals surface area contributed by atoms with E-state index in [1.807, 2.05) is 0 Å². The van der Waals surface area contributed by atoms with E-state index in [0.29, 0.717) is 22.7 Å². The van der Waals surface area contributed by atoms with Crippen molar-refractivity contribution in [2.45, 2.75) is 20.8 Å². The summed E-state index contributed by atoms with van der Waals surface area (Å²) in [7, 11) is 0. The zero-order chi connectivity index (χ0) is 14.7. The number of esters is 1. The van der Waals surface area contributed by atoms with Gasteiger partial charge in [-0.15, -0.1) is 0 Å². The van der Waals surface area contributed by atoms with Crippen LogP contribution in [0.2, 0.25) is 0 Å². The summed E-state index contributed by atoms with van der Waals surface area (Å²) in [5.74, 6) is -0.0537. The highest BCUT2D eigenvalue weighted by Crippen LogP contribution is 2.21. The Bertz CT molecular complexity index is 639. The quantitative estimate of drug-likeness (QED) is 0.841. The largest absolute Gasteiger partial charge is 0.462 e. The maximum absolute atomic E-state index is 12.0. The smallest absolute Gasteiger partial charge is 0.342 e. The summed E-state index contributed by atoms with van der Waals surface area (Å²) >= 11 is 0. The summed E-state index contributed by atoms with van der Waals surface area (Å²) in [5, 5.41) is 2.64. The van der Waals surface area contributed by atoms with E-state index in [4.69, 9.17) is 9.15 Å². The third kappa shape index (κ3) is 2.74. The number of carbonyl (C=O) groups excluding carboxylic acids is 2. The second kappa shape index (κ2) is 5.64. The Morgan fingerprint density at radius 3 is 2.70 bits per heavy atom. The summed E-state index contributed by atoms with van der Waals surface area (Å²) in [6.07, 6.45) is 1.55. The van der Waals surface area contributed by atoms with Crippen molar-refractivity contribution in [3.05, 3.63) is 41.1 Å². The van der Waals surface area contributed by atoms with Crippen molar-refractivity contribution in [2.24, 2.45) is 0 Å². The van der Waals surface area contributed by atoms with Gasteiger partial charge in [0.15, 0.2) is 5.76 Å². The summed E-state index contributed by atoms with van der Waals surface area (Å²) in [4.78, 5) is 26.7. The minimum Gasteiger partial charge on any atom is -0.462 e. The average molecular weight is 276 g/mol. The molecule has 0 saturated heterocycles. The molecule has 2 aromatic heterocycles. The molecule has 0 aliphatic heterocycles. The second-order valence-electron chi connectivity index (χ2n) is 4.29. The van der Waals surface area contributed by atoms with E-state index in [2.05, 4.69) is 10.3 Å². The molecule has 6 heteroatoms. The fourth-order valence-electron chi connectivity index (χ4n) is 1.83. The van der Waals surface area contributed by atoms with E-state index in [-0.39, 0.29) is 12.4 Å². The molecular formula is C14H16N2O4. The first kappa shape index (κ1) is 13.9. The fourth-order valence-corrected chi connectivity index (χ4v) is 1.83. The molecule has 0 aliphatic rings. The molecule has 0 bridgehead atoms. The second-order valence-corrected chi connectivity index (χ2v) is 4.29. The van der Waals surface area contributed by atoms with Gasteiger partial charge in [0, 0.05) is 11.9 Å². The van der Waals surface area contributed by atoms with Gasteiger partial charge in [-0.25, -0.2) is 4.79 Å². The zero-order valence-corrected chi connectivity index (χ0v) is 11.6. The average Bonchev–Trinajstić information content (AvgIpc) is 2.96. The monoisotopic (exact) mass is 276 g/mol. The lowest BCUT2D eigenvalue weighted by atomic mass is 10.2. The first-order chi connectivity index (χ1) is 9.52. The third-order valence-corrected chi connectivity index (χ3v) is 2.77. The molecule has 2 heterocycles. The highest BCUT2D eigenvalue weighted by Gasteiger charge is 2.20. The molecule has 0 radical (unpaired) electrons. The van der Waals surface area contributed by atoms with Crippen molar-refractivity contribution in [1.82, 2.24) is 4.98 Å². The van der Waals surface area contributed by atoms with Gasteiger partial charge in [-0.2, -0.15) is 0 Å². The molecule has 2 N–H and O–H groups in total. The Morgan fingerprint density at radius 2 is 2.10 bits per heavy atom. The molecule has 0 atom stereocenters. The van der Waals surface area contributed by atoms with E-state index in [1.54, 1.807) is 39.1 Å². The van der Waals surface area contributed by atoms with E-state index < -0.39 is 11.9 Å². The Kier molecular flexibility index (Phi) is 3.93. The maximum Gasteiger partial charge on any atom is 0.342 e. The lowest BCUT2D eigenvalue weighted by Gasteiger charge is -2.06. The van der Waals surface area contributed by atoms with Crippen LogP contribution in [0.1, 0.15) is 39.3 Å². The Balaban J connectivity index is 2.22. The van der Waals surface area contributed by atoms with Crippen LogP contribution in [0, 0.1) is 13.8 Å². The van der Waals surface area contributed by atoms with Gasteiger partial charge in [0.25, 0.3) is 5.91 Å². The number of nitrogens with one attached hydrogen (secondary N) is 2. The van der Waals surface area contributed by atoms with Crippen LogP contribution < -0.4 is 5.32 Å². The Morgan fingerprint density at radius 1 is 1.35 bits per heavy atom. The minimum atomic E-state index is -0.475. The van der Waals surface area contributed by atoms with Gasteiger partial charge < -0.3 is 19.5 Å². The Hall–Kier alpha value is -2.50. The number of rotatable bonds is 4. The predicted molar refractivity (Wildman–Crippen MR) is 72.9 cm³/mol. The Labute approximate surface area is 116 Å². The first-order valence-corrected chi connectivity index (χ1v) is 6.25. The third-order valence-electron chi connectivity index (χ3n) is 2.77. The first-order valence-electron chi connectivity index (χ1n) is 6.25. The summed E-state index contributed by atoms with van der Waals surface area (Å²) in [6.45, 7) is 5.48. The lowest BCUT2D eigenvalue weighted by molar-refractivity contribution is 0.0527. The van der Waals surface area contributed by atoms with Gasteiger partial charge in [-0.05, 0) is 32.9 Å². The molecule has 20 heavy (non-hydrogen) atoms. The molecule has 2 aromatic rings. The maximum atomic E-state index is 12.0. The molecule has 0 spiro atoms. The predicted octanol–water partition coefficient (Wildman–Crippen LogP) is 2.65. The standard InChI is InChI=1S/C14H16N2O4/c1-4-19-14(18)12-9(3)15-7-10(12)16-13(17)11-6-5-8(2)20-11/h5-7,15H,4H2,1-3H3,(H,16,17). The summed E-state index contributed by atoms with van der Waals surface area (Å²) < 4.78 is 10.2. The van der Waals surface area contributed by atoms with Crippen molar-refractivity contribution >= 4 is 17.6 Å². The van der Waals surface area contributed by atoms with Crippen molar-refractivity contribution in [2.75, 3.05) is 11.9 Å². The molecule has 0 fully saturated rings. The topological polar surface area (TPSA) is 84.3 Å². The number of hydrogen-bond acceptors (Lipinski definition) is 4. The van der Waals surface area contributed by atoms with E-state index in [1.165, 1.54) is 0 Å². The van der Waals surface area contributed by atoms with Gasteiger partial charge in [-0.3, -0.25) is 4.79 Å². The van der Waals surface area contributed by atoms with Crippen LogP contribution in [0.5, 0.6) is 0 Å². The van der Waals surface area contributed by atoms with Gasteiger partial charge >= 0.3 is 5.97 Å². The van der Waals surface area contributed by atoms with Crippen LogP contribution in [0.25, 0.3) is 0 Å². The lowest BCUT2D eigenvalue weighted by Crippen LogP contribution is -2.14. The number of H-pyrrole nitrogens is 1. The van der Waals surface area contributed by atoms with Crippen molar-refractivity contribution in [3.8, 4) is 0 Å². The number of ether oxygens (including phenoxy) is 1. The van der Waals surface area contributed by atoms with Crippen molar-refractivity contribution < 1.29 is 18.7 Å². The van der Waals surface area contributed by atoms with E-state index in [0.717, 1.165) is 0 Å². The number of aryl methyl sites for hydroxylation is 2. The van der Waals surface area contributed by atoms with Crippen LogP contribution >= 0.6 is 0 Å². The minimum absolute atomic E-state index is 0.191. The fraction of sp³-hybridized carbons (Fsp3) is 0.286. The normalized spacial score (nSPS) is 10.3. The number of aromatic nitrogens is 1. The van der Waals surface area contributed by atoms with Crippen LogP contribution in [0.15, 0.2) is 22.7 Å². The zero-order valence-electron chi connectivity index (χ0n) is 11.6. The number of carbonyl (C=O) groups is 2. The van der Waals surface area contributed by atoms with Crippen molar-refractivity contribution in [1.29, 1.82) is 0 Å². The van der Waals surface area contributed by atoms with Gasteiger partial charge in [0.1, 0.15) is 11.3 Å². The number of aromatic amines is 1. The van der Waals surface area contributed by atoms with Gasteiger partial charge in [0.05, 0.1) is 12.3 Å². The number of furan rings is 1. The summed E-state index contributed by atoms with van der Waals surface area (Å²) in [6, 6.07) is 3.28. The molecule has 6 nitrogen and oxygen atoms in total. The van der Waals surface area contributed by atoms with E-state index >= 15 is 0 Å². The highest BCUT2D eigenvalue weighted by atomic mass is 16.5. The van der Waals surface area contributed by atoms with Gasteiger partial charge in [0.2, 0.25) is 0 Å². The summed E-state index contributed by atoms with van der Waals surface area (Å²) in [5.41, 5.74) is 1.33. The molecular weight excluding hydrogens is 260 g/mol. The van der Waals surface area contributed by atoms with Crippen LogP contribution in [0.3, 0.4) is 0 Å². The number of anilines is 1. The van der Waals surface area contributed by atoms with Crippen molar-refractivity contribution in [3.63, 3.8) is 0 Å². The molecule has 2 rings (SSSR count). The molecule has 0 aliphatic carbocycles. The highest BCUT2D eigenvalue weighted by molar-refractivity contribution is 6.07. The van der Waals surface area contributed by atoms with E-state index in [9.17, 15) is 9.59 Å². The van der Waals surface area contributed by atoms with Crippen LogP contribution in [0.4, 0.5) is 5.69 Å². The van der Waals surface area contributed by atoms with Crippen LogP contribution in [-0.2, 0) is 4.74 Å². The molecule has 0 aromatic carbocycles. The van der Waals surface area contributed by atoms with Crippen LogP contribution in [-0.4, -0.2) is 23.5 Å². The molecule has 106 valence electrons. The molecule has 0 unspecified atom stereocenters. The van der Waals surface area contributed by atoms with Gasteiger partial charge in [-0.1, -0.05) is 0 Å².